The number of carbonyl (C=O) groups is 1. The molecule has 3 heteroatoms. The molecule has 17 heavy (non-hydrogen) atoms. The maximum atomic E-state index is 11.3. The molecule has 0 saturated carbocycles. The summed E-state index contributed by atoms with van der Waals surface area (Å²) >= 11 is 0. The minimum Gasteiger partial charge on any atom is -0.378 e. The Morgan fingerprint density at radius 2 is 1.71 bits per heavy atom. The van der Waals surface area contributed by atoms with Crippen LogP contribution in [0.1, 0.15) is 44.4 Å². The van der Waals surface area contributed by atoms with Gasteiger partial charge in [-0.1, -0.05) is 50.1 Å². The maximum Gasteiger partial charge on any atom is 0.253 e. The number of amides is 1. The lowest BCUT2D eigenvalue weighted by Gasteiger charge is -2.10. The molecular formula is C14H23NO2. The third kappa shape index (κ3) is 6.07. The smallest absolute Gasteiger partial charge is 0.253 e. The molecule has 0 bridgehead atoms. The molecule has 0 aromatic heterocycles. The Balaban J connectivity index is 0.000000770. The maximum absolute atomic E-state index is 11.3. The molecule has 1 rings (SSSR count). The highest BCUT2D eigenvalue weighted by atomic mass is 16.3. The standard InChI is InChI=1S/C11H15NO2.C3H8/c1-3-12-11(14)10(13)9-6-4-8(2)5-7-9;1-3-2/h4-7,10,13H,3H2,1-2H3,(H,12,14);3H2,1-2H3. The van der Waals surface area contributed by atoms with Gasteiger partial charge < -0.3 is 10.4 Å². The van der Waals surface area contributed by atoms with Crippen LogP contribution in [0.2, 0.25) is 0 Å². The lowest BCUT2D eigenvalue weighted by Crippen LogP contribution is -2.28. The Morgan fingerprint density at radius 3 is 2.12 bits per heavy atom. The first-order valence-corrected chi connectivity index (χ1v) is 6.09. The number of carbonyl (C=O) groups excluding carboxylic acids is 1. The summed E-state index contributed by atoms with van der Waals surface area (Å²) in [4.78, 5) is 11.3. The number of aliphatic hydroxyl groups is 1. The van der Waals surface area contributed by atoms with E-state index in [2.05, 4.69) is 19.2 Å². The molecule has 2 N–H and O–H groups in total. The zero-order valence-corrected chi connectivity index (χ0v) is 11.2. The van der Waals surface area contributed by atoms with Crippen LogP contribution in [0.3, 0.4) is 0 Å². The first-order chi connectivity index (χ1) is 8.06. The van der Waals surface area contributed by atoms with Crippen LogP contribution in [0.4, 0.5) is 0 Å². The fraction of sp³-hybridized carbons (Fsp3) is 0.500. The largest absolute Gasteiger partial charge is 0.378 e. The van der Waals surface area contributed by atoms with Crippen LogP contribution in [0.5, 0.6) is 0 Å². The van der Waals surface area contributed by atoms with Gasteiger partial charge in [-0.15, -0.1) is 0 Å². The molecule has 0 aliphatic heterocycles. The van der Waals surface area contributed by atoms with Crippen molar-refractivity contribution in [3.05, 3.63) is 35.4 Å². The van der Waals surface area contributed by atoms with E-state index in [1.165, 1.54) is 6.42 Å². The second-order valence-electron chi connectivity index (χ2n) is 3.91. The summed E-state index contributed by atoms with van der Waals surface area (Å²) < 4.78 is 0. The number of rotatable bonds is 3. The van der Waals surface area contributed by atoms with E-state index in [-0.39, 0.29) is 5.91 Å². The summed E-state index contributed by atoms with van der Waals surface area (Å²) in [6.45, 7) is 8.56. The van der Waals surface area contributed by atoms with E-state index >= 15 is 0 Å². The van der Waals surface area contributed by atoms with Crippen LogP contribution in [0.25, 0.3) is 0 Å². The van der Waals surface area contributed by atoms with Crippen molar-refractivity contribution in [2.24, 2.45) is 0 Å². The summed E-state index contributed by atoms with van der Waals surface area (Å²) in [5, 5.41) is 12.2. The molecule has 1 atom stereocenters. The van der Waals surface area contributed by atoms with Crippen molar-refractivity contribution < 1.29 is 9.90 Å². The predicted molar refractivity (Wildman–Crippen MR) is 70.8 cm³/mol. The summed E-state index contributed by atoms with van der Waals surface area (Å²) in [6.07, 6.45) is 0.190. The molecule has 1 aromatic rings. The van der Waals surface area contributed by atoms with Gasteiger partial charge in [0.15, 0.2) is 6.10 Å². The average Bonchev–Trinajstić information content (AvgIpc) is 2.30. The fourth-order valence-electron chi connectivity index (χ4n) is 1.17. The van der Waals surface area contributed by atoms with Crippen molar-refractivity contribution in [3.8, 4) is 0 Å². The number of likely N-dealkylation sites (N-methyl/N-ethyl adjacent to an activating group) is 1. The number of aryl methyl sites for hydroxylation is 1. The number of hydrogen-bond acceptors (Lipinski definition) is 2. The van der Waals surface area contributed by atoms with Gasteiger partial charge in [-0.3, -0.25) is 4.79 Å². The van der Waals surface area contributed by atoms with Crippen LogP contribution < -0.4 is 5.32 Å². The number of benzene rings is 1. The molecular weight excluding hydrogens is 214 g/mol. The van der Waals surface area contributed by atoms with Crippen molar-refractivity contribution >= 4 is 5.91 Å². The van der Waals surface area contributed by atoms with Crippen LogP contribution in [0.15, 0.2) is 24.3 Å². The van der Waals surface area contributed by atoms with Crippen molar-refractivity contribution in [2.45, 2.75) is 40.2 Å². The van der Waals surface area contributed by atoms with Gasteiger partial charge in [0.25, 0.3) is 5.91 Å². The highest BCUT2D eigenvalue weighted by Crippen LogP contribution is 2.13. The normalized spacial score (nSPS) is 11.1. The lowest BCUT2D eigenvalue weighted by atomic mass is 10.1. The van der Waals surface area contributed by atoms with Gasteiger partial charge >= 0.3 is 0 Å². The van der Waals surface area contributed by atoms with Crippen LogP contribution in [0, 0.1) is 6.92 Å². The molecule has 1 aromatic carbocycles. The van der Waals surface area contributed by atoms with Crippen molar-refractivity contribution in [1.29, 1.82) is 0 Å². The quantitative estimate of drug-likeness (QED) is 0.849. The first-order valence-electron chi connectivity index (χ1n) is 6.09. The minimum atomic E-state index is -1.06. The summed E-state index contributed by atoms with van der Waals surface area (Å²) in [5.74, 6) is -0.351. The monoisotopic (exact) mass is 237 g/mol. The van der Waals surface area contributed by atoms with Crippen LogP contribution in [-0.2, 0) is 4.79 Å². The molecule has 0 fully saturated rings. The van der Waals surface area contributed by atoms with E-state index in [4.69, 9.17) is 0 Å². The Hall–Kier alpha value is -1.35. The molecule has 96 valence electrons. The number of aliphatic hydroxyl groups excluding tert-OH is 1. The minimum absolute atomic E-state index is 0.351. The molecule has 0 radical (unpaired) electrons. The van der Waals surface area contributed by atoms with Gasteiger partial charge in [-0.2, -0.15) is 0 Å². The second kappa shape index (κ2) is 8.76. The van der Waals surface area contributed by atoms with Gasteiger partial charge in [0.2, 0.25) is 0 Å². The molecule has 0 saturated heterocycles. The molecule has 0 aliphatic rings. The van der Waals surface area contributed by atoms with Crippen LogP contribution in [-0.4, -0.2) is 17.6 Å². The van der Waals surface area contributed by atoms with E-state index < -0.39 is 6.10 Å². The third-order valence-corrected chi connectivity index (χ3v) is 1.99. The molecule has 1 amide bonds. The zero-order valence-electron chi connectivity index (χ0n) is 11.2. The third-order valence-electron chi connectivity index (χ3n) is 1.99. The second-order valence-corrected chi connectivity index (χ2v) is 3.91. The summed E-state index contributed by atoms with van der Waals surface area (Å²) in [7, 11) is 0. The predicted octanol–water partition coefficient (Wildman–Crippen LogP) is 2.58. The number of nitrogens with one attached hydrogen (secondary N) is 1. The SMILES string of the molecule is CCC.CCNC(=O)C(O)c1ccc(C)cc1. The highest BCUT2D eigenvalue weighted by molar-refractivity contribution is 5.81. The topological polar surface area (TPSA) is 49.3 Å². The van der Waals surface area contributed by atoms with Gasteiger partial charge in [-0.05, 0) is 19.4 Å². The van der Waals surface area contributed by atoms with E-state index in [1.807, 2.05) is 26.0 Å². The van der Waals surface area contributed by atoms with Crippen LogP contribution >= 0.6 is 0 Å². The van der Waals surface area contributed by atoms with Gasteiger partial charge in [-0.25, -0.2) is 0 Å². The molecule has 3 nitrogen and oxygen atoms in total. The molecule has 0 heterocycles. The van der Waals surface area contributed by atoms with Crippen molar-refractivity contribution in [1.82, 2.24) is 5.32 Å². The molecule has 0 aliphatic carbocycles. The van der Waals surface area contributed by atoms with Gasteiger partial charge in [0, 0.05) is 6.54 Å². The van der Waals surface area contributed by atoms with E-state index in [0.29, 0.717) is 12.1 Å². The Bertz CT molecular complexity index is 319. The van der Waals surface area contributed by atoms with Gasteiger partial charge in [0.05, 0.1) is 0 Å². The average molecular weight is 237 g/mol. The number of hydrogen-bond donors (Lipinski definition) is 2. The molecule has 1 unspecified atom stereocenters. The Morgan fingerprint density at radius 1 is 1.24 bits per heavy atom. The van der Waals surface area contributed by atoms with Crippen molar-refractivity contribution in [2.75, 3.05) is 6.54 Å². The lowest BCUT2D eigenvalue weighted by molar-refractivity contribution is -0.129. The Kier molecular flexibility index (Phi) is 8.07. The van der Waals surface area contributed by atoms with Crippen molar-refractivity contribution in [3.63, 3.8) is 0 Å². The van der Waals surface area contributed by atoms with Gasteiger partial charge in [0.1, 0.15) is 0 Å². The van der Waals surface area contributed by atoms with E-state index in [0.717, 1.165) is 5.56 Å². The summed E-state index contributed by atoms with van der Waals surface area (Å²) in [6, 6.07) is 7.26. The zero-order chi connectivity index (χ0) is 13.3. The van der Waals surface area contributed by atoms with E-state index in [9.17, 15) is 9.90 Å². The molecule has 0 spiro atoms. The summed E-state index contributed by atoms with van der Waals surface area (Å²) in [5.41, 5.74) is 1.73. The first kappa shape index (κ1) is 15.7. The van der Waals surface area contributed by atoms with E-state index in [1.54, 1.807) is 12.1 Å². The highest BCUT2D eigenvalue weighted by Gasteiger charge is 2.15. The Labute approximate surface area is 104 Å². The fourth-order valence-corrected chi connectivity index (χ4v) is 1.17.